The van der Waals surface area contributed by atoms with Crippen LogP contribution in [-0.2, 0) is 5.41 Å². The van der Waals surface area contributed by atoms with Crippen LogP contribution < -0.4 is 0 Å². The normalized spacial score (nSPS) is 16.9. The molecule has 0 aromatic heterocycles. The molecule has 0 heterocycles. The molecule has 0 amide bonds. The Morgan fingerprint density at radius 3 is 2.11 bits per heavy atom. The van der Waals surface area contributed by atoms with Crippen molar-refractivity contribution in [3.63, 3.8) is 0 Å². The molecule has 1 unspecified atom stereocenters. The molecule has 0 bridgehead atoms. The molecule has 1 aliphatic carbocycles. The summed E-state index contributed by atoms with van der Waals surface area (Å²) in [6.45, 7) is 2.37. The molecule has 0 saturated heterocycles. The lowest BCUT2D eigenvalue weighted by Gasteiger charge is -2.30. The van der Waals surface area contributed by atoms with Gasteiger partial charge in [0.2, 0.25) is 0 Å². The van der Waals surface area contributed by atoms with Crippen LogP contribution in [0.1, 0.15) is 37.3 Å². The highest BCUT2D eigenvalue weighted by molar-refractivity contribution is 6.25. The number of aliphatic hydroxyl groups is 1. The summed E-state index contributed by atoms with van der Waals surface area (Å²) < 4.78 is 0. The average molecular weight is 453 g/mol. The number of fused-ring (bicyclic) bond motifs is 3. The number of benzene rings is 6. The zero-order valence-electron chi connectivity index (χ0n) is 20.0. The minimum Gasteiger partial charge on any atom is -0.395 e. The summed E-state index contributed by atoms with van der Waals surface area (Å²) in [6.07, 6.45) is 3.18. The Morgan fingerprint density at radius 2 is 1.31 bits per heavy atom. The van der Waals surface area contributed by atoms with Crippen molar-refractivity contribution in [3.8, 4) is 22.3 Å². The van der Waals surface area contributed by atoms with Crippen molar-refractivity contribution in [2.24, 2.45) is 0 Å². The lowest BCUT2D eigenvalue weighted by atomic mass is 9.74. The summed E-state index contributed by atoms with van der Waals surface area (Å²) in [5, 5.41) is 18.7. The second kappa shape index (κ2) is 7.66. The number of hydrogen-bond donors (Lipinski definition) is 1. The average Bonchev–Trinajstić information content (AvgIpc) is 3.20. The van der Waals surface area contributed by atoms with E-state index in [-0.39, 0.29) is 12.0 Å². The number of aliphatic hydroxyl groups excluding tert-OH is 1. The van der Waals surface area contributed by atoms with Gasteiger partial charge < -0.3 is 5.11 Å². The van der Waals surface area contributed by atoms with E-state index >= 15 is 0 Å². The summed E-state index contributed by atoms with van der Waals surface area (Å²) in [7, 11) is 0. The van der Waals surface area contributed by atoms with Crippen molar-refractivity contribution >= 4 is 32.3 Å². The lowest BCUT2D eigenvalue weighted by Crippen LogP contribution is -2.29. The lowest BCUT2D eigenvalue weighted by molar-refractivity contribution is 0.212. The first-order chi connectivity index (χ1) is 17.2. The highest BCUT2D eigenvalue weighted by atomic mass is 16.3. The second-order valence-corrected chi connectivity index (χ2v) is 10.1. The Balaban J connectivity index is 1.49. The zero-order valence-corrected chi connectivity index (χ0v) is 20.0. The molecule has 7 rings (SSSR count). The Bertz CT molecular complexity index is 1710. The van der Waals surface area contributed by atoms with E-state index in [2.05, 4.69) is 104 Å². The Kier molecular flexibility index (Phi) is 4.53. The fourth-order valence-electron chi connectivity index (χ4n) is 6.61. The first kappa shape index (κ1) is 20.7. The van der Waals surface area contributed by atoms with Crippen LogP contribution in [0.3, 0.4) is 0 Å². The molecule has 6 aromatic carbocycles. The Hall–Kier alpha value is -3.68. The van der Waals surface area contributed by atoms with Gasteiger partial charge in [0, 0.05) is 5.41 Å². The molecule has 1 nitrogen and oxygen atoms in total. The molecule has 1 atom stereocenters. The first-order valence-electron chi connectivity index (χ1n) is 12.8. The van der Waals surface area contributed by atoms with Crippen molar-refractivity contribution in [2.75, 3.05) is 6.61 Å². The zero-order chi connectivity index (χ0) is 23.6. The quantitative estimate of drug-likeness (QED) is 0.259. The topological polar surface area (TPSA) is 20.2 Å². The monoisotopic (exact) mass is 452 g/mol. The maximum Gasteiger partial charge on any atom is 0.0569 e. The number of hydrogen-bond acceptors (Lipinski definition) is 1. The van der Waals surface area contributed by atoms with Crippen LogP contribution in [-0.4, -0.2) is 11.7 Å². The smallest absolute Gasteiger partial charge is 0.0569 e. The van der Waals surface area contributed by atoms with Gasteiger partial charge in [0.1, 0.15) is 0 Å². The fourth-order valence-corrected chi connectivity index (χ4v) is 6.61. The van der Waals surface area contributed by atoms with Crippen molar-refractivity contribution < 1.29 is 5.11 Å². The largest absolute Gasteiger partial charge is 0.395 e. The standard InChI is InChI=1S/C34H28O/c1-2-3-19-34(21-35)30-10-5-4-9-27(30)28-17-15-25(20-31(28)34)26-16-13-24-12-11-22-7-6-8-23-14-18-29(26)33(24)32(22)23/h4-18,20,35H,2-3,19,21H2,1H3. The van der Waals surface area contributed by atoms with E-state index in [1.54, 1.807) is 0 Å². The molecule has 0 radical (unpaired) electrons. The van der Waals surface area contributed by atoms with Crippen LogP contribution in [0.5, 0.6) is 0 Å². The van der Waals surface area contributed by atoms with Crippen LogP contribution in [0, 0.1) is 0 Å². The minimum atomic E-state index is -0.332. The van der Waals surface area contributed by atoms with E-state index in [0.29, 0.717) is 0 Å². The van der Waals surface area contributed by atoms with Gasteiger partial charge in [-0.15, -0.1) is 0 Å². The van der Waals surface area contributed by atoms with E-state index in [4.69, 9.17) is 0 Å². The van der Waals surface area contributed by atoms with Gasteiger partial charge in [-0.25, -0.2) is 0 Å². The molecule has 0 spiro atoms. The maximum absolute atomic E-state index is 10.9. The second-order valence-electron chi connectivity index (χ2n) is 10.1. The fraction of sp³-hybridized carbons (Fsp3) is 0.176. The predicted octanol–water partition coefficient (Wildman–Crippen LogP) is 8.70. The Morgan fingerprint density at radius 1 is 0.629 bits per heavy atom. The van der Waals surface area contributed by atoms with Crippen molar-refractivity contribution in [1.29, 1.82) is 0 Å². The molecule has 170 valence electrons. The van der Waals surface area contributed by atoms with Gasteiger partial charge in [-0.3, -0.25) is 0 Å². The summed E-state index contributed by atoms with van der Waals surface area (Å²) in [5.74, 6) is 0. The summed E-state index contributed by atoms with van der Waals surface area (Å²) in [5.41, 5.74) is 7.25. The predicted molar refractivity (Wildman–Crippen MR) is 148 cm³/mol. The minimum absolute atomic E-state index is 0.138. The van der Waals surface area contributed by atoms with Crippen molar-refractivity contribution in [1.82, 2.24) is 0 Å². The molecule has 1 heteroatoms. The van der Waals surface area contributed by atoms with E-state index in [1.165, 1.54) is 65.7 Å². The molecule has 1 N–H and O–H groups in total. The van der Waals surface area contributed by atoms with E-state index in [1.807, 2.05) is 0 Å². The number of unbranched alkanes of at least 4 members (excludes halogenated alkanes) is 1. The van der Waals surface area contributed by atoms with Crippen LogP contribution in [0.25, 0.3) is 54.6 Å². The highest BCUT2D eigenvalue weighted by Crippen LogP contribution is 2.52. The molecule has 6 aromatic rings. The molecule has 35 heavy (non-hydrogen) atoms. The summed E-state index contributed by atoms with van der Waals surface area (Å²) >= 11 is 0. The first-order valence-corrected chi connectivity index (χ1v) is 12.8. The van der Waals surface area contributed by atoms with Crippen molar-refractivity contribution in [2.45, 2.75) is 31.6 Å². The van der Waals surface area contributed by atoms with E-state index in [9.17, 15) is 5.11 Å². The molecule has 0 fully saturated rings. The van der Waals surface area contributed by atoms with Crippen molar-refractivity contribution in [3.05, 3.63) is 108 Å². The molecule has 0 saturated carbocycles. The molecular formula is C34H28O. The summed E-state index contributed by atoms with van der Waals surface area (Å²) in [4.78, 5) is 0. The van der Waals surface area contributed by atoms with Gasteiger partial charge in [-0.05, 0) is 78.2 Å². The van der Waals surface area contributed by atoms with Crippen LogP contribution in [0.4, 0.5) is 0 Å². The molecule has 0 aliphatic heterocycles. The molecular weight excluding hydrogens is 424 g/mol. The van der Waals surface area contributed by atoms with Crippen LogP contribution >= 0.6 is 0 Å². The third-order valence-corrected chi connectivity index (χ3v) is 8.33. The number of rotatable bonds is 5. The van der Waals surface area contributed by atoms with Gasteiger partial charge >= 0.3 is 0 Å². The van der Waals surface area contributed by atoms with Crippen LogP contribution in [0.2, 0.25) is 0 Å². The van der Waals surface area contributed by atoms with E-state index < -0.39 is 0 Å². The third-order valence-electron chi connectivity index (χ3n) is 8.33. The molecule has 1 aliphatic rings. The highest BCUT2D eigenvalue weighted by Gasteiger charge is 2.42. The SMILES string of the molecule is CCCCC1(CO)c2ccccc2-c2ccc(-c3ccc4ccc5cccc6ccc3c4c56)cc21. The summed E-state index contributed by atoms with van der Waals surface area (Å²) in [6, 6.07) is 35.7. The third kappa shape index (κ3) is 2.79. The van der Waals surface area contributed by atoms with Gasteiger partial charge in [0.05, 0.1) is 6.61 Å². The van der Waals surface area contributed by atoms with Gasteiger partial charge in [-0.1, -0.05) is 111 Å². The van der Waals surface area contributed by atoms with E-state index in [0.717, 1.165) is 19.3 Å². The van der Waals surface area contributed by atoms with Crippen LogP contribution in [0.15, 0.2) is 97.1 Å². The maximum atomic E-state index is 10.9. The van der Waals surface area contributed by atoms with Gasteiger partial charge in [0.15, 0.2) is 0 Å². The van der Waals surface area contributed by atoms with Gasteiger partial charge in [-0.2, -0.15) is 0 Å². The Labute approximate surface area is 206 Å². The van der Waals surface area contributed by atoms with Gasteiger partial charge in [0.25, 0.3) is 0 Å².